The highest BCUT2D eigenvalue weighted by Gasteiger charge is 2.07. The van der Waals surface area contributed by atoms with Crippen molar-refractivity contribution in [1.29, 1.82) is 0 Å². The molecule has 0 spiro atoms. The van der Waals surface area contributed by atoms with Crippen LogP contribution in [0.3, 0.4) is 0 Å². The van der Waals surface area contributed by atoms with Crippen LogP contribution in [0.15, 0.2) is 23.7 Å². The maximum Gasteiger partial charge on any atom is 0.164 e. The Balaban J connectivity index is 2.13. The lowest BCUT2D eigenvalue weighted by molar-refractivity contribution is 0.0980. The van der Waals surface area contributed by atoms with Crippen LogP contribution in [0.2, 0.25) is 0 Å². The van der Waals surface area contributed by atoms with E-state index in [4.69, 9.17) is 6.42 Å². The normalized spacial score (nSPS) is 10.2. The van der Waals surface area contributed by atoms with Crippen molar-refractivity contribution < 1.29 is 4.79 Å². The summed E-state index contributed by atoms with van der Waals surface area (Å²) >= 11 is 1.60. The monoisotopic (exact) mass is 229 g/mol. The predicted molar refractivity (Wildman–Crippen MR) is 66.6 cm³/mol. The van der Waals surface area contributed by atoms with Gasteiger partial charge in [0, 0.05) is 24.6 Å². The Morgan fingerprint density at radius 2 is 2.44 bits per heavy atom. The highest BCUT2D eigenvalue weighted by atomic mass is 32.1. The van der Waals surface area contributed by atoms with Crippen LogP contribution in [0, 0.1) is 12.3 Å². The van der Waals surface area contributed by atoms with Gasteiger partial charge in [-0.2, -0.15) is 0 Å². The average molecular weight is 229 g/mol. The standard InChI is InChI=1S/C13H11NOS/c1-2-3-4-5-12(15)10-8-13-11(14-9-10)6-7-16-13/h1,6-9H,3-5H2. The Kier molecular flexibility index (Phi) is 3.33. The number of terminal acetylenes is 1. The van der Waals surface area contributed by atoms with Crippen LogP contribution in [-0.4, -0.2) is 10.8 Å². The molecule has 16 heavy (non-hydrogen) atoms. The summed E-state index contributed by atoms with van der Waals surface area (Å²) in [6, 6.07) is 3.86. The van der Waals surface area contributed by atoms with Crippen LogP contribution in [0.5, 0.6) is 0 Å². The minimum absolute atomic E-state index is 0.123. The molecule has 2 aromatic rings. The Bertz CT molecular complexity index is 550. The van der Waals surface area contributed by atoms with Crippen molar-refractivity contribution >= 4 is 27.3 Å². The summed E-state index contributed by atoms with van der Waals surface area (Å²) in [5.41, 5.74) is 1.64. The lowest BCUT2D eigenvalue weighted by Gasteiger charge is -1.99. The number of hydrogen-bond acceptors (Lipinski definition) is 3. The fourth-order valence-electron chi connectivity index (χ4n) is 1.49. The SMILES string of the molecule is C#CCCCC(=O)c1cnc2ccsc2c1. The molecule has 0 fully saturated rings. The Labute approximate surface area is 98.3 Å². The van der Waals surface area contributed by atoms with Crippen LogP contribution < -0.4 is 0 Å². The minimum atomic E-state index is 0.123. The molecule has 0 aromatic carbocycles. The summed E-state index contributed by atoms with van der Waals surface area (Å²) in [7, 11) is 0. The fraction of sp³-hybridized carbons (Fsp3) is 0.231. The number of rotatable bonds is 4. The van der Waals surface area contributed by atoms with Crippen molar-refractivity contribution in [2.24, 2.45) is 0 Å². The average Bonchev–Trinajstić information content (AvgIpc) is 2.76. The number of nitrogens with zero attached hydrogens (tertiary/aromatic N) is 1. The second-order valence-corrected chi connectivity index (χ2v) is 4.46. The molecule has 0 saturated carbocycles. The molecular formula is C13H11NOS. The van der Waals surface area contributed by atoms with Crippen molar-refractivity contribution in [2.45, 2.75) is 19.3 Å². The summed E-state index contributed by atoms with van der Waals surface area (Å²) in [6.45, 7) is 0. The van der Waals surface area contributed by atoms with E-state index in [-0.39, 0.29) is 5.78 Å². The van der Waals surface area contributed by atoms with Crippen molar-refractivity contribution in [2.75, 3.05) is 0 Å². The van der Waals surface area contributed by atoms with Gasteiger partial charge in [0.1, 0.15) is 0 Å². The first-order valence-corrected chi connectivity index (χ1v) is 5.99. The van der Waals surface area contributed by atoms with E-state index in [1.807, 2.05) is 17.5 Å². The Morgan fingerprint density at radius 3 is 3.25 bits per heavy atom. The van der Waals surface area contributed by atoms with Crippen LogP contribution in [0.25, 0.3) is 10.2 Å². The molecule has 0 atom stereocenters. The number of hydrogen-bond donors (Lipinski definition) is 0. The Hall–Kier alpha value is -1.66. The second-order valence-electron chi connectivity index (χ2n) is 3.51. The third kappa shape index (κ3) is 2.29. The number of aromatic nitrogens is 1. The van der Waals surface area contributed by atoms with Crippen molar-refractivity contribution in [3.05, 3.63) is 29.3 Å². The van der Waals surface area contributed by atoms with Crippen LogP contribution in [0.1, 0.15) is 29.6 Å². The number of thiophene rings is 1. The van der Waals surface area contributed by atoms with Crippen molar-refractivity contribution in [3.8, 4) is 12.3 Å². The zero-order valence-electron chi connectivity index (χ0n) is 8.77. The summed E-state index contributed by atoms with van der Waals surface area (Å²) in [5.74, 6) is 2.66. The van der Waals surface area contributed by atoms with E-state index in [9.17, 15) is 4.79 Å². The molecule has 0 aliphatic rings. The molecule has 0 amide bonds. The number of unbranched alkanes of at least 4 members (excludes halogenated alkanes) is 1. The molecule has 0 aliphatic heterocycles. The zero-order valence-corrected chi connectivity index (χ0v) is 9.59. The molecular weight excluding hydrogens is 218 g/mol. The van der Waals surface area contributed by atoms with E-state index >= 15 is 0 Å². The number of Topliss-reactive ketones (excluding diaryl/α,β-unsaturated/α-hetero) is 1. The van der Waals surface area contributed by atoms with Gasteiger partial charge in [-0.3, -0.25) is 9.78 Å². The lowest BCUT2D eigenvalue weighted by atomic mass is 10.1. The third-order valence-electron chi connectivity index (χ3n) is 2.35. The van der Waals surface area contributed by atoms with Crippen LogP contribution in [-0.2, 0) is 0 Å². The third-order valence-corrected chi connectivity index (χ3v) is 3.20. The molecule has 0 radical (unpaired) electrons. The first kappa shape index (κ1) is 10.8. The first-order valence-electron chi connectivity index (χ1n) is 5.11. The first-order chi connectivity index (χ1) is 7.81. The van der Waals surface area contributed by atoms with E-state index in [2.05, 4.69) is 10.9 Å². The summed E-state index contributed by atoms with van der Waals surface area (Å²) in [6.07, 6.45) is 8.69. The number of carbonyl (C=O) groups excluding carboxylic acids is 1. The zero-order chi connectivity index (χ0) is 11.4. The predicted octanol–water partition coefficient (Wildman–Crippen LogP) is 3.28. The number of pyridine rings is 1. The Morgan fingerprint density at radius 1 is 1.56 bits per heavy atom. The summed E-state index contributed by atoms with van der Waals surface area (Å²) in [5, 5.41) is 1.98. The molecule has 0 saturated heterocycles. The molecule has 2 nitrogen and oxygen atoms in total. The highest BCUT2D eigenvalue weighted by molar-refractivity contribution is 7.17. The maximum absolute atomic E-state index is 11.8. The molecule has 0 bridgehead atoms. The van der Waals surface area contributed by atoms with Gasteiger partial charge in [0.15, 0.2) is 5.78 Å². The van der Waals surface area contributed by atoms with Gasteiger partial charge in [0.25, 0.3) is 0 Å². The molecule has 0 aliphatic carbocycles. The number of carbonyl (C=O) groups is 1. The lowest BCUT2D eigenvalue weighted by Crippen LogP contribution is -1.99. The molecule has 80 valence electrons. The van der Waals surface area contributed by atoms with Crippen LogP contribution >= 0.6 is 11.3 Å². The molecule has 2 rings (SSSR count). The van der Waals surface area contributed by atoms with Crippen molar-refractivity contribution in [1.82, 2.24) is 4.98 Å². The minimum Gasteiger partial charge on any atom is -0.294 e. The van der Waals surface area contributed by atoms with Gasteiger partial charge in [-0.1, -0.05) is 0 Å². The molecule has 2 aromatic heterocycles. The number of ketones is 1. The highest BCUT2D eigenvalue weighted by Crippen LogP contribution is 2.20. The number of fused-ring (bicyclic) bond motifs is 1. The van der Waals surface area contributed by atoms with Crippen LogP contribution in [0.4, 0.5) is 0 Å². The van der Waals surface area contributed by atoms with Gasteiger partial charge in [-0.25, -0.2) is 0 Å². The van der Waals surface area contributed by atoms with E-state index in [0.29, 0.717) is 18.4 Å². The van der Waals surface area contributed by atoms with E-state index in [1.54, 1.807) is 17.5 Å². The molecule has 0 N–H and O–H groups in total. The quantitative estimate of drug-likeness (QED) is 0.457. The summed E-state index contributed by atoms with van der Waals surface area (Å²) < 4.78 is 1.06. The summed E-state index contributed by atoms with van der Waals surface area (Å²) in [4.78, 5) is 16.0. The second kappa shape index (κ2) is 4.91. The van der Waals surface area contributed by atoms with E-state index in [0.717, 1.165) is 16.6 Å². The van der Waals surface area contributed by atoms with Gasteiger partial charge in [0.05, 0.1) is 10.2 Å². The van der Waals surface area contributed by atoms with Gasteiger partial charge in [-0.15, -0.1) is 23.7 Å². The van der Waals surface area contributed by atoms with E-state index < -0.39 is 0 Å². The van der Waals surface area contributed by atoms with Crippen molar-refractivity contribution in [3.63, 3.8) is 0 Å². The van der Waals surface area contributed by atoms with Gasteiger partial charge in [-0.05, 0) is 23.9 Å². The molecule has 2 heterocycles. The molecule has 3 heteroatoms. The maximum atomic E-state index is 11.8. The van der Waals surface area contributed by atoms with E-state index in [1.165, 1.54) is 0 Å². The topological polar surface area (TPSA) is 30.0 Å². The smallest absolute Gasteiger partial charge is 0.164 e. The fourth-order valence-corrected chi connectivity index (χ4v) is 2.27. The van der Waals surface area contributed by atoms with Gasteiger partial charge < -0.3 is 0 Å². The van der Waals surface area contributed by atoms with Gasteiger partial charge >= 0.3 is 0 Å². The van der Waals surface area contributed by atoms with Gasteiger partial charge in [0.2, 0.25) is 0 Å². The largest absolute Gasteiger partial charge is 0.294 e. The molecule has 0 unspecified atom stereocenters.